The number of hydrogen-bond acceptors (Lipinski definition) is 4. The average molecular weight is 412 g/mol. The normalized spacial score (nSPS) is 16.3. The van der Waals surface area contributed by atoms with E-state index in [9.17, 15) is 4.79 Å². The highest BCUT2D eigenvalue weighted by Crippen LogP contribution is 2.28. The lowest BCUT2D eigenvalue weighted by atomic mass is 10.0. The number of likely N-dealkylation sites (N-methyl/N-ethyl adjacent to an activating group) is 1. The second-order valence-electron chi connectivity index (χ2n) is 6.02. The maximum atomic E-state index is 11.4. The first kappa shape index (κ1) is 17.5. The molecule has 2 aromatic rings. The minimum atomic E-state index is 0.0680. The Morgan fingerprint density at radius 3 is 2.83 bits per heavy atom. The van der Waals surface area contributed by atoms with Crippen LogP contribution in [0.4, 0.5) is 5.82 Å². The lowest BCUT2D eigenvalue weighted by Crippen LogP contribution is -2.43. The fraction of sp³-hybridized carbons (Fsp3) is 0.412. The van der Waals surface area contributed by atoms with Gasteiger partial charge in [0, 0.05) is 36.0 Å². The number of amides is 1. The van der Waals surface area contributed by atoms with Crippen molar-refractivity contribution in [2.75, 3.05) is 32.0 Å². The van der Waals surface area contributed by atoms with E-state index in [1.807, 2.05) is 24.3 Å². The van der Waals surface area contributed by atoms with E-state index in [2.05, 4.69) is 36.4 Å². The molecule has 2 N–H and O–H groups in total. The molecule has 2 heterocycles. The van der Waals surface area contributed by atoms with Gasteiger partial charge in [0.25, 0.3) is 0 Å². The van der Waals surface area contributed by atoms with Crippen LogP contribution in [0.2, 0.25) is 5.02 Å². The van der Waals surface area contributed by atoms with Crippen molar-refractivity contribution in [2.45, 2.75) is 18.9 Å². The van der Waals surface area contributed by atoms with Gasteiger partial charge in [0.2, 0.25) is 5.91 Å². The van der Waals surface area contributed by atoms with Crippen LogP contribution >= 0.6 is 27.5 Å². The molecule has 3 rings (SSSR count). The molecule has 0 unspecified atom stereocenters. The first-order chi connectivity index (χ1) is 11.5. The molecule has 1 aromatic heterocycles. The van der Waals surface area contributed by atoms with Crippen molar-refractivity contribution in [3.8, 4) is 0 Å². The van der Waals surface area contributed by atoms with Gasteiger partial charge in [-0.25, -0.2) is 4.98 Å². The fourth-order valence-corrected chi connectivity index (χ4v) is 3.84. The van der Waals surface area contributed by atoms with Gasteiger partial charge in [-0.3, -0.25) is 9.69 Å². The van der Waals surface area contributed by atoms with Crippen LogP contribution < -0.4 is 10.6 Å². The number of fused-ring (bicyclic) bond motifs is 1. The first-order valence-corrected chi connectivity index (χ1v) is 9.17. The number of nitrogens with zero attached hydrogens (tertiary/aromatic N) is 2. The van der Waals surface area contributed by atoms with Crippen LogP contribution in [0.15, 0.2) is 28.7 Å². The van der Waals surface area contributed by atoms with Crippen LogP contribution in [0, 0.1) is 0 Å². The summed E-state index contributed by atoms with van der Waals surface area (Å²) in [4.78, 5) is 18.3. The number of hydrogen-bond donors (Lipinski definition) is 2. The number of halogens is 2. The molecule has 0 saturated carbocycles. The molecular formula is C17H20BrClN4O. The minimum Gasteiger partial charge on any atom is -0.367 e. The number of anilines is 1. The van der Waals surface area contributed by atoms with E-state index in [0.717, 1.165) is 47.1 Å². The lowest BCUT2D eigenvalue weighted by Gasteiger charge is -2.32. The smallest absolute Gasteiger partial charge is 0.233 e. The van der Waals surface area contributed by atoms with Crippen LogP contribution in [0.25, 0.3) is 10.9 Å². The third-order valence-corrected chi connectivity index (χ3v) is 5.04. The Balaban J connectivity index is 1.63. The molecule has 1 amide bonds. The Labute approximate surface area is 154 Å². The minimum absolute atomic E-state index is 0.0680. The van der Waals surface area contributed by atoms with Crippen molar-refractivity contribution in [3.05, 3.63) is 33.8 Å². The summed E-state index contributed by atoms with van der Waals surface area (Å²) in [5.74, 6) is 0.912. The van der Waals surface area contributed by atoms with Gasteiger partial charge < -0.3 is 10.6 Å². The van der Waals surface area contributed by atoms with Gasteiger partial charge in [-0.1, -0.05) is 27.5 Å². The number of piperidine rings is 1. The predicted molar refractivity (Wildman–Crippen MR) is 102 cm³/mol. The van der Waals surface area contributed by atoms with Crippen molar-refractivity contribution in [1.82, 2.24) is 15.2 Å². The molecule has 0 spiro atoms. The molecule has 128 valence electrons. The van der Waals surface area contributed by atoms with Crippen molar-refractivity contribution in [2.24, 2.45) is 0 Å². The molecule has 1 fully saturated rings. The van der Waals surface area contributed by atoms with Gasteiger partial charge in [-0.15, -0.1) is 0 Å². The monoisotopic (exact) mass is 410 g/mol. The van der Waals surface area contributed by atoms with Crippen LogP contribution in [0.5, 0.6) is 0 Å². The molecule has 1 aliphatic rings. The van der Waals surface area contributed by atoms with Crippen molar-refractivity contribution < 1.29 is 4.79 Å². The molecule has 0 aliphatic carbocycles. The zero-order chi connectivity index (χ0) is 17.1. The van der Waals surface area contributed by atoms with E-state index in [-0.39, 0.29) is 5.91 Å². The molecular weight excluding hydrogens is 392 g/mol. The Bertz CT molecular complexity index is 747. The van der Waals surface area contributed by atoms with E-state index >= 15 is 0 Å². The van der Waals surface area contributed by atoms with Gasteiger partial charge in [0.05, 0.1) is 17.1 Å². The average Bonchev–Trinajstić information content (AvgIpc) is 2.57. The molecule has 1 aromatic carbocycles. The van der Waals surface area contributed by atoms with Gasteiger partial charge in [-0.2, -0.15) is 0 Å². The summed E-state index contributed by atoms with van der Waals surface area (Å²) in [5.41, 5.74) is 0.807. The van der Waals surface area contributed by atoms with E-state index < -0.39 is 0 Å². The van der Waals surface area contributed by atoms with Crippen molar-refractivity contribution in [1.29, 1.82) is 0 Å². The van der Waals surface area contributed by atoms with Gasteiger partial charge in [0.15, 0.2) is 0 Å². The zero-order valence-corrected chi connectivity index (χ0v) is 15.8. The maximum Gasteiger partial charge on any atom is 0.233 e. The van der Waals surface area contributed by atoms with E-state index in [1.54, 1.807) is 7.05 Å². The highest BCUT2D eigenvalue weighted by molar-refractivity contribution is 9.10. The Morgan fingerprint density at radius 1 is 1.38 bits per heavy atom. The summed E-state index contributed by atoms with van der Waals surface area (Å²) < 4.78 is 0.950. The molecule has 0 bridgehead atoms. The fourth-order valence-electron chi connectivity index (χ4n) is 2.96. The summed E-state index contributed by atoms with van der Waals surface area (Å²) in [6.45, 7) is 2.29. The Morgan fingerprint density at radius 2 is 2.12 bits per heavy atom. The van der Waals surface area contributed by atoms with Crippen LogP contribution in [-0.2, 0) is 4.79 Å². The number of carbonyl (C=O) groups excluding carboxylic acids is 1. The summed E-state index contributed by atoms with van der Waals surface area (Å²) >= 11 is 9.74. The number of rotatable bonds is 4. The lowest BCUT2D eigenvalue weighted by molar-refractivity contribution is -0.122. The van der Waals surface area contributed by atoms with E-state index in [1.165, 1.54) is 0 Å². The zero-order valence-electron chi connectivity index (χ0n) is 13.5. The second kappa shape index (κ2) is 7.68. The highest BCUT2D eigenvalue weighted by atomic mass is 79.9. The number of carbonyl (C=O) groups is 1. The maximum absolute atomic E-state index is 11.4. The largest absolute Gasteiger partial charge is 0.367 e. The van der Waals surface area contributed by atoms with E-state index in [4.69, 9.17) is 11.6 Å². The second-order valence-corrected chi connectivity index (χ2v) is 7.35. The third-order valence-electron chi connectivity index (χ3n) is 4.30. The van der Waals surface area contributed by atoms with Gasteiger partial charge in [-0.05, 0) is 37.1 Å². The molecule has 0 atom stereocenters. The molecule has 7 heteroatoms. The summed E-state index contributed by atoms with van der Waals surface area (Å²) in [7, 11) is 1.67. The number of nitrogens with one attached hydrogen (secondary N) is 2. The van der Waals surface area contributed by atoms with Gasteiger partial charge in [0.1, 0.15) is 5.82 Å². The first-order valence-electron chi connectivity index (χ1n) is 8.00. The topological polar surface area (TPSA) is 57.3 Å². The number of likely N-dealkylation sites (tertiary alicyclic amines) is 1. The van der Waals surface area contributed by atoms with Gasteiger partial charge >= 0.3 is 0 Å². The predicted octanol–water partition coefficient (Wildman–Crippen LogP) is 3.27. The summed E-state index contributed by atoms with van der Waals surface area (Å²) in [6, 6.07) is 8.25. The standard InChI is InChI=1S/C17H20BrClN4O/c1-20-16(24)10-23-6-4-13(5-7-23)21-15-3-2-11-8-12(18)9-14(19)17(11)22-15/h2-3,8-9,13H,4-7,10H2,1H3,(H,20,24)(H,21,22). The summed E-state index contributed by atoms with van der Waals surface area (Å²) in [5, 5.41) is 7.82. The van der Waals surface area contributed by atoms with E-state index in [0.29, 0.717) is 17.6 Å². The summed E-state index contributed by atoms with van der Waals surface area (Å²) in [6.07, 6.45) is 1.98. The number of aromatic nitrogens is 1. The van der Waals surface area contributed by atoms with Crippen LogP contribution in [-0.4, -0.2) is 48.5 Å². The third kappa shape index (κ3) is 4.18. The van der Waals surface area contributed by atoms with Crippen LogP contribution in [0.3, 0.4) is 0 Å². The molecule has 5 nitrogen and oxygen atoms in total. The van der Waals surface area contributed by atoms with Crippen LogP contribution in [0.1, 0.15) is 12.8 Å². The molecule has 24 heavy (non-hydrogen) atoms. The highest BCUT2D eigenvalue weighted by Gasteiger charge is 2.20. The Hall–Kier alpha value is -1.37. The molecule has 1 aliphatic heterocycles. The quantitative estimate of drug-likeness (QED) is 0.811. The van der Waals surface area contributed by atoms with Crippen molar-refractivity contribution in [3.63, 3.8) is 0 Å². The van der Waals surface area contributed by atoms with Crippen molar-refractivity contribution >= 4 is 50.2 Å². The Kier molecular flexibility index (Phi) is 5.58. The SMILES string of the molecule is CNC(=O)CN1CCC(Nc2ccc3cc(Br)cc(Cl)c3n2)CC1. The molecule has 0 radical (unpaired) electrons. The molecule has 1 saturated heterocycles. The number of pyridine rings is 1. The number of benzene rings is 1.